The smallest absolute Gasteiger partial charge is 0.254 e. The Bertz CT molecular complexity index is 1120. The fourth-order valence-corrected chi connectivity index (χ4v) is 3.59. The summed E-state index contributed by atoms with van der Waals surface area (Å²) in [5.74, 6) is 1.89. The molecule has 0 unspecified atom stereocenters. The lowest BCUT2D eigenvalue weighted by Gasteiger charge is -2.04. The van der Waals surface area contributed by atoms with Gasteiger partial charge >= 0.3 is 0 Å². The topological polar surface area (TPSA) is 35.1 Å². The monoisotopic (exact) mass is 450 g/mol. The zero-order valence-electron chi connectivity index (χ0n) is 16.5. The van der Waals surface area contributed by atoms with Crippen molar-refractivity contribution in [3.8, 4) is 5.75 Å². The van der Waals surface area contributed by atoms with E-state index in [1.54, 1.807) is 7.11 Å². The van der Waals surface area contributed by atoms with Crippen molar-refractivity contribution in [2.45, 2.75) is 20.0 Å². The Labute approximate surface area is 181 Å². The minimum absolute atomic E-state index is 0. The second-order valence-electron chi connectivity index (χ2n) is 6.85. The molecule has 4 nitrogen and oxygen atoms in total. The lowest BCUT2D eigenvalue weighted by atomic mass is 10.1. The largest absolute Gasteiger partial charge is 1.00 e. The summed E-state index contributed by atoms with van der Waals surface area (Å²) in [6, 6.07) is 25.9. The molecule has 0 aliphatic rings. The van der Waals surface area contributed by atoms with E-state index < -0.39 is 0 Å². The standard InChI is InChI=1S/C24H23N2O2.BrH/c1-18-25(16-19-8-4-3-5-9-19)22-10-6-7-11-23(22)26(18)17-24(27)20-12-14-21(28-2)15-13-20;/h3-15H,16-17H2,1-2H3;1H/q+1;/p-1. The summed E-state index contributed by atoms with van der Waals surface area (Å²) in [7, 11) is 1.62. The predicted octanol–water partition coefficient (Wildman–Crippen LogP) is 1.18. The first-order valence-corrected chi connectivity index (χ1v) is 9.36. The lowest BCUT2D eigenvalue weighted by molar-refractivity contribution is -0.669. The molecule has 148 valence electrons. The number of hydrogen-bond acceptors (Lipinski definition) is 2. The van der Waals surface area contributed by atoms with Crippen LogP contribution in [0.5, 0.6) is 5.75 Å². The quantitative estimate of drug-likeness (QED) is 0.326. The van der Waals surface area contributed by atoms with Crippen LogP contribution >= 0.6 is 0 Å². The number of hydrogen-bond donors (Lipinski definition) is 0. The van der Waals surface area contributed by atoms with Gasteiger partial charge in [0.15, 0.2) is 17.6 Å². The number of fused-ring (bicyclic) bond motifs is 1. The van der Waals surface area contributed by atoms with E-state index in [2.05, 4.69) is 52.5 Å². The predicted molar refractivity (Wildman–Crippen MR) is 110 cm³/mol. The van der Waals surface area contributed by atoms with E-state index in [0.717, 1.165) is 29.2 Å². The summed E-state index contributed by atoms with van der Waals surface area (Å²) in [5, 5.41) is 0. The van der Waals surface area contributed by atoms with E-state index in [4.69, 9.17) is 4.74 Å². The van der Waals surface area contributed by atoms with Crippen molar-refractivity contribution in [3.63, 3.8) is 0 Å². The lowest BCUT2D eigenvalue weighted by Crippen LogP contribution is -3.00. The number of carbonyl (C=O) groups is 1. The maximum atomic E-state index is 12.9. The molecule has 0 N–H and O–H groups in total. The fraction of sp³-hybridized carbons (Fsp3) is 0.167. The van der Waals surface area contributed by atoms with E-state index in [1.165, 1.54) is 5.56 Å². The Morgan fingerprint density at radius 3 is 2.28 bits per heavy atom. The first kappa shape index (κ1) is 20.8. The molecule has 4 rings (SSSR count). The number of rotatable bonds is 6. The Balaban J connectivity index is 0.00000240. The highest BCUT2D eigenvalue weighted by Crippen LogP contribution is 2.17. The van der Waals surface area contributed by atoms with Crippen LogP contribution in [0, 0.1) is 6.92 Å². The molecule has 0 saturated heterocycles. The molecule has 0 fully saturated rings. The van der Waals surface area contributed by atoms with Gasteiger partial charge in [-0.25, -0.2) is 9.13 Å². The Hall–Kier alpha value is -2.92. The van der Waals surface area contributed by atoms with Gasteiger partial charge in [0.05, 0.1) is 7.11 Å². The summed E-state index contributed by atoms with van der Waals surface area (Å²) in [5.41, 5.74) is 4.12. The summed E-state index contributed by atoms with van der Waals surface area (Å²) in [6.07, 6.45) is 0. The van der Waals surface area contributed by atoms with Crippen LogP contribution in [-0.2, 0) is 13.1 Å². The van der Waals surface area contributed by atoms with Crippen LogP contribution in [0.4, 0.5) is 0 Å². The van der Waals surface area contributed by atoms with Crippen LogP contribution in [0.15, 0.2) is 78.9 Å². The minimum atomic E-state index is 0. The summed E-state index contributed by atoms with van der Waals surface area (Å²) in [4.78, 5) is 12.9. The Morgan fingerprint density at radius 2 is 1.59 bits per heavy atom. The van der Waals surface area contributed by atoms with Crippen LogP contribution in [0.1, 0.15) is 21.7 Å². The van der Waals surface area contributed by atoms with E-state index in [1.807, 2.05) is 42.5 Å². The molecule has 0 spiro atoms. The van der Waals surface area contributed by atoms with Crippen molar-refractivity contribution in [3.05, 3.63) is 95.8 Å². The Kier molecular flexibility index (Phi) is 6.49. The van der Waals surface area contributed by atoms with Crippen molar-refractivity contribution < 1.29 is 31.1 Å². The number of ketones is 1. The molecule has 0 aliphatic carbocycles. The molecule has 0 saturated carbocycles. The van der Waals surface area contributed by atoms with Gasteiger partial charge in [0.1, 0.15) is 12.3 Å². The molecule has 3 aromatic carbocycles. The van der Waals surface area contributed by atoms with Crippen molar-refractivity contribution in [2.24, 2.45) is 0 Å². The molecular weight excluding hydrogens is 428 g/mol. The van der Waals surface area contributed by atoms with Gasteiger partial charge in [0.25, 0.3) is 5.82 Å². The molecule has 4 aromatic rings. The maximum absolute atomic E-state index is 12.9. The van der Waals surface area contributed by atoms with E-state index in [0.29, 0.717) is 12.1 Å². The van der Waals surface area contributed by atoms with Crippen LogP contribution in [0.25, 0.3) is 11.0 Å². The zero-order chi connectivity index (χ0) is 19.5. The molecule has 1 heterocycles. The van der Waals surface area contributed by atoms with Gasteiger partial charge in [-0.05, 0) is 42.0 Å². The van der Waals surface area contributed by atoms with E-state index >= 15 is 0 Å². The van der Waals surface area contributed by atoms with Gasteiger partial charge in [-0.15, -0.1) is 0 Å². The average Bonchev–Trinajstić information content (AvgIpc) is 3.00. The molecule has 0 radical (unpaired) electrons. The van der Waals surface area contributed by atoms with Crippen LogP contribution < -0.4 is 26.3 Å². The van der Waals surface area contributed by atoms with Gasteiger partial charge in [0, 0.05) is 12.5 Å². The molecule has 5 heteroatoms. The minimum Gasteiger partial charge on any atom is -1.00 e. The highest BCUT2D eigenvalue weighted by atomic mass is 79.9. The van der Waals surface area contributed by atoms with Crippen molar-refractivity contribution >= 4 is 16.8 Å². The van der Waals surface area contributed by atoms with Crippen molar-refractivity contribution in [1.29, 1.82) is 0 Å². The molecule has 29 heavy (non-hydrogen) atoms. The van der Waals surface area contributed by atoms with Crippen LogP contribution in [0.2, 0.25) is 0 Å². The van der Waals surface area contributed by atoms with Crippen molar-refractivity contribution in [1.82, 2.24) is 4.57 Å². The third kappa shape index (κ3) is 4.25. The molecule has 0 atom stereocenters. The third-order valence-electron chi connectivity index (χ3n) is 5.14. The number of halogens is 1. The molecule has 1 aromatic heterocycles. The number of benzene rings is 3. The highest BCUT2D eigenvalue weighted by Gasteiger charge is 2.23. The molecule has 0 bridgehead atoms. The van der Waals surface area contributed by atoms with Gasteiger partial charge in [-0.2, -0.15) is 0 Å². The third-order valence-corrected chi connectivity index (χ3v) is 5.14. The summed E-state index contributed by atoms with van der Waals surface area (Å²) in [6.45, 7) is 3.15. The number of aromatic nitrogens is 2. The second kappa shape index (κ2) is 9.05. The number of methoxy groups -OCH3 is 1. The number of carbonyl (C=O) groups excluding carboxylic acids is 1. The first-order chi connectivity index (χ1) is 13.7. The summed E-state index contributed by atoms with van der Waals surface area (Å²) < 4.78 is 9.56. The number of para-hydroxylation sites is 2. The normalized spacial score (nSPS) is 10.6. The van der Waals surface area contributed by atoms with Crippen LogP contribution in [-0.4, -0.2) is 17.5 Å². The molecule has 0 amide bonds. The molecule has 0 aliphatic heterocycles. The number of Topliss-reactive ketones (excluding diaryl/α,β-unsaturated/α-hetero) is 1. The van der Waals surface area contributed by atoms with Crippen LogP contribution in [0.3, 0.4) is 0 Å². The number of imidazole rings is 1. The first-order valence-electron chi connectivity index (χ1n) is 9.36. The second-order valence-corrected chi connectivity index (χ2v) is 6.85. The van der Waals surface area contributed by atoms with Gasteiger partial charge in [-0.1, -0.05) is 42.5 Å². The zero-order valence-corrected chi connectivity index (χ0v) is 18.1. The van der Waals surface area contributed by atoms with Gasteiger partial charge in [0.2, 0.25) is 5.78 Å². The SMILES string of the molecule is COc1ccc(C(=O)Cn2c(C)[n+](Cc3ccccc3)c3ccccc32)cc1.[Br-]. The Morgan fingerprint density at radius 1 is 0.931 bits per heavy atom. The number of ether oxygens (including phenoxy) is 1. The van der Waals surface area contributed by atoms with E-state index in [9.17, 15) is 4.79 Å². The average molecular weight is 451 g/mol. The maximum Gasteiger partial charge on any atom is 0.254 e. The van der Waals surface area contributed by atoms with Crippen molar-refractivity contribution in [2.75, 3.05) is 7.11 Å². The van der Waals surface area contributed by atoms with Gasteiger partial charge < -0.3 is 21.7 Å². The van der Waals surface area contributed by atoms with E-state index in [-0.39, 0.29) is 22.8 Å². The summed E-state index contributed by atoms with van der Waals surface area (Å²) >= 11 is 0. The van der Waals surface area contributed by atoms with Gasteiger partial charge in [-0.3, -0.25) is 4.79 Å². The molecular formula is C24H23BrN2O2. The fourth-order valence-electron chi connectivity index (χ4n) is 3.59. The number of nitrogens with zero attached hydrogens (tertiary/aromatic N) is 2. The highest BCUT2D eigenvalue weighted by molar-refractivity contribution is 5.96.